The third kappa shape index (κ3) is 2.11. The Kier molecular flexibility index (Phi) is 3.41. The number of nitriles is 1. The average molecular weight is 135 g/mol. The van der Waals surface area contributed by atoms with Gasteiger partial charge in [-0.1, -0.05) is 18.2 Å². The third-order valence-corrected chi connectivity index (χ3v) is 0.903. The Morgan fingerprint density at radius 2 is 1.67 bits per heavy atom. The first-order valence-corrected chi connectivity index (χ1v) is 2.38. The van der Waals surface area contributed by atoms with E-state index < -0.39 is 0 Å². The number of rotatable bonds is 0. The van der Waals surface area contributed by atoms with Gasteiger partial charge in [-0.3, -0.25) is 0 Å². The van der Waals surface area contributed by atoms with Crippen LogP contribution in [0.15, 0.2) is 30.3 Å². The summed E-state index contributed by atoms with van der Waals surface area (Å²) in [5.41, 5.74) is 0.715. The van der Waals surface area contributed by atoms with Crippen LogP contribution in [0.5, 0.6) is 0 Å². The molecule has 1 aromatic rings. The van der Waals surface area contributed by atoms with Crippen molar-refractivity contribution in [1.82, 2.24) is 0 Å². The Morgan fingerprint density at radius 3 is 2.00 bits per heavy atom. The summed E-state index contributed by atoms with van der Waals surface area (Å²) in [5, 5.41) is 8.29. The molecule has 0 aliphatic heterocycles. The Morgan fingerprint density at radius 1 is 1.11 bits per heavy atom. The van der Waals surface area contributed by atoms with Gasteiger partial charge >= 0.3 is 0 Å². The summed E-state index contributed by atoms with van der Waals surface area (Å²) in [6.07, 6.45) is 0. The maximum atomic E-state index is 8.29. The second kappa shape index (κ2) is 3.87. The van der Waals surface area contributed by atoms with Crippen LogP contribution in [0.3, 0.4) is 0 Å². The first kappa shape index (κ1) is 7.93. The summed E-state index contributed by atoms with van der Waals surface area (Å²) in [4.78, 5) is 0. The fourth-order valence-corrected chi connectivity index (χ4v) is 0.513. The number of hydrogen-bond acceptors (Lipinski definition) is 1. The minimum absolute atomic E-state index is 0. The van der Waals surface area contributed by atoms with Gasteiger partial charge in [0.05, 0.1) is 11.6 Å². The van der Waals surface area contributed by atoms with Gasteiger partial charge in [0.2, 0.25) is 0 Å². The SMILES string of the molecule is N#Cc1ccccc1.[SiH4]. The Bertz CT molecular complexity index is 200. The van der Waals surface area contributed by atoms with Crippen molar-refractivity contribution < 1.29 is 0 Å². The molecule has 0 atom stereocenters. The molecule has 0 saturated heterocycles. The van der Waals surface area contributed by atoms with Crippen molar-refractivity contribution in [2.75, 3.05) is 0 Å². The summed E-state index contributed by atoms with van der Waals surface area (Å²) >= 11 is 0. The third-order valence-electron chi connectivity index (χ3n) is 0.903. The van der Waals surface area contributed by atoms with E-state index in [0.29, 0.717) is 5.56 Å². The van der Waals surface area contributed by atoms with Crippen LogP contribution in [0.1, 0.15) is 5.56 Å². The smallest absolute Gasteiger partial charge is 0.0991 e. The van der Waals surface area contributed by atoms with Crippen molar-refractivity contribution in [1.29, 1.82) is 5.26 Å². The zero-order valence-electron chi connectivity index (χ0n) is 4.33. The van der Waals surface area contributed by atoms with Crippen LogP contribution in [-0.2, 0) is 0 Å². The highest BCUT2D eigenvalue weighted by Crippen LogP contribution is 1.92. The van der Waals surface area contributed by atoms with Gasteiger partial charge in [0.1, 0.15) is 0 Å². The lowest BCUT2D eigenvalue weighted by molar-refractivity contribution is 1.49. The summed E-state index contributed by atoms with van der Waals surface area (Å²) < 4.78 is 0. The summed E-state index contributed by atoms with van der Waals surface area (Å²) in [5.74, 6) is 0. The molecule has 1 rings (SSSR count). The van der Waals surface area contributed by atoms with E-state index in [1.807, 2.05) is 24.3 Å². The summed E-state index contributed by atoms with van der Waals surface area (Å²) in [6.45, 7) is 0. The molecule has 0 unspecified atom stereocenters. The van der Waals surface area contributed by atoms with Gasteiger partial charge in [0.15, 0.2) is 0 Å². The molecule has 46 valence electrons. The van der Waals surface area contributed by atoms with Crippen LogP contribution in [-0.4, -0.2) is 11.0 Å². The molecular weight excluding hydrogens is 126 g/mol. The molecule has 0 fully saturated rings. The maximum absolute atomic E-state index is 8.29. The molecule has 1 aromatic carbocycles. The lowest BCUT2D eigenvalue weighted by Gasteiger charge is -1.80. The summed E-state index contributed by atoms with van der Waals surface area (Å²) in [7, 11) is 0. The van der Waals surface area contributed by atoms with Crippen LogP contribution in [0.2, 0.25) is 0 Å². The highest BCUT2D eigenvalue weighted by Gasteiger charge is 1.79. The number of hydrogen-bond donors (Lipinski definition) is 0. The van der Waals surface area contributed by atoms with E-state index in [1.165, 1.54) is 0 Å². The normalized spacial score (nSPS) is 7.00. The van der Waals surface area contributed by atoms with Crippen molar-refractivity contribution in [2.24, 2.45) is 0 Å². The van der Waals surface area contributed by atoms with E-state index in [9.17, 15) is 0 Å². The van der Waals surface area contributed by atoms with E-state index in [0.717, 1.165) is 0 Å². The number of benzene rings is 1. The molecule has 0 radical (unpaired) electrons. The van der Waals surface area contributed by atoms with Gasteiger partial charge in [-0.2, -0.15) is 5.26 Å². The molecule has 0 heterocycles. The van der Waals surface area contributed by atoms with Gasteiger partial charge in [-0.15, -0.1) is 0 Å². The summed E-state index contributed by atoms with van der Waals surface area (Å²) in [6, 6.07) is 11.2. The van der Waals surface area contributed by atoms with E-state index in [1.54, 1.807) is 12.1 Å². The molecule has 0 bridgehead atoms. The quantitative estimate of drug-likeness (QED) is 0.463. The molecule has 0 amide bonds. The molecule has 0 aliphatic carbocycles. The topological polar surface area (TPSA) is 23.8 Å². The molecular formula is C7H9NSi. The zero-order valence-corrected chi connectivity index (χ0v) is 4.33. The standard InChI is InChI=1S/C7H5N.H4Si/c8-6-7-4-2-1-3-5-7;/h1-5H;1H4. The molecule has 0 aliphatic rings. The van der Waals surface area contributed by atoms with Crippen LogP contribution in [0, 0.1) is 11.3 Å². The van der Waals surface area contributed by atoms with Gasteiger partial charge in [0.25, 0.3) is 0 Å². The van der Waals surface area contributed by atoms with Crippen molar-refractivity contribution in [3.63, 3.8) is 0 Å². The Labute approximate surface area is 59.0 Å². The van der Waals surface area contributed by atoms with Gasteiger partial charge < -0.3 is 0 Å². The first-order valence-electron chi connectivity index (χ1n) is 2.38. The van der Waals surface area contributed by atoms with Crippen LogP contribution in [0.25, 0.3) is 0 Å². The number of nitrogens with zero attached hydrogens (tertiary/aromatic N) is 1. The molecule has 2 heteroatoms. The van der Waals surface area contributed by atoms with Crippen molar-refractivity contribution >= 4 is 11.0 Å². The minimum Gasteiger partial charge on any atom is -0.192 e. The minimum atomic E-state index is 0. The van der Waals surface area contributed by atoms with Crippen LogP contribution in [0.4, 0.5) is 0 Å². The predicted octanol–water partition coefficient (Wildman–Crippen LogP) is 0.107. The van der Waals surface area contributed by atoms with E-state index in [-0.39, 0.29) is 11.0 Å². The zero-order chi connectivity index (χ0) is 5.82. The fraction of sp³-hybridized carbons (Fsp3) is 0. The molecule has 0 N–H and O–H groups in total. The largest absolute Gasteiger partial charge is 0.192 e. The molecule has 0 aromatic heterocycles. The lowest BCUT2D eigenvalue weighted by atomic mass is 10.2. The van der Waals surface area contributed by atoms with Crippen molar-refractivity contribution in [3.05, 3.63) is 35.9 Å². The van der Waals surface area contributed by atoms with Crippen molar-refractivity contribution in [2.45, 2.75) is 0 Å². The maximum Gasteiger partial charge on any atom is 0.0991 e. The molecule has 0 saturated carbocycles. The molecule has 9 heavy (non-hydrogen) atoms. The Balaban J connectivity index is 0.000000640. The average Bonchev–Trinajstić information content (AvgIpc) is 1.90. The van der Waals surface area contributed by atoms with E-state index in [2.05, 4.69) is 0 Å². The molecule has 0 spiro atoms. The second-order valence-electron chi connectivity index (χ2n) is 1.48. The van der Waals surface area contributed by atoms with Crippen LogP contribution < -0.4 is 0 Å². The van der Waals surface area contributed by atoms with Gasteiger partial charge in [-0.25, -0.2) is 0 Å². The second-order valence-corrected chi connectivity index (χ2v) is 1.48. The van der Waals surface area contributed by atoms with Gasteiger partial charge in [-0.05, 0) is 23.1 Å². The van der Waals surface area contributed by atoms with Gasteiger partial charge in [0, 0.05) is 0 Å². The molecule has 1 nitrogen and oxygen atoms in total. The van der Waals surface area contributed by atoms with E-state index >= 15 is 0 Å². The highest BCUT2D eigenvalue weighted by atomic mass is 28.1. The first-order chi connectivity index (χ1) is 3.93. The Hall–Kier alpha value is -1.07. The van der Waals surface area contributed by atoms with Crippen LogP contribution >= 0.6 is 0 Å². The highest BCUT2D eigenvalue weighted by molar-refractivity contribution is 5.75. The van der Waals surface area contributed by atoms with Crippen molar-refractivity contribution in [3.8, 4) is 6.07 Å². The lowest BCUT2D eigenvalue weighted by Crippen LogP contribution is -1.66. The predicted molar refractivity (Wildman–Crippen MR) is 42.5 cm³/mol. The monoisotopic (exact) mass is 135 g/mol. The van der Waals surface area contributed by atoms with E-state index in [4.69, 9.17) is 5.26 Å². The fourth-order valence-electron chi connectivity index (χ4n) is 0.513.